The molecule has 0 aromatic rings. The molecule has 4 nitrogen and oxygen atoms in total. The van der Waals surface area contributed by atoms with Gasteiger partial charge in [-0.1, -0.05) is 102 Å². The summed E-state index contributed by atoms with van der Waals surface area (Å²) >= 11 is 22.0. The first-order chi connectivity index (χ1) is 19.2. The molecule has 0 saturated heterocycles. The molecule has 0 fully saturated rings. The van der Waals surface area contributed by atoms with E-state index in [9.17, 15) is 0 Å². The van der Waals surface area contributed by atoms with Crippen LogP contribution in [0, 0.1) is 0 Å². The Morgan fingerprint density at radius 1 is 0.375 bits per heavy atom. The van der Waals surface area contributed by atoms with Gasteiger partial charge in [-0.3, -0.25) is 0 Å². The van der Waals surface area contributed by atoms with Crippen molar-refractivity contribution in [1.82, 2.24) is 19.6 Å². The lowest BCUT2D eigenvalue weighted by Gasteiger charge is -2.27. The molecule has 12 heteroatoms. The first-order valence-corrected chi connectivity index (χ1v) is 21.0. The fourth-order valence-electron chi connectivity index (χ4n) is 3.30. The predicted octanol–water partition coefficient (Wildman–Crippen LogP) is 10.4. The Bertz CT molecular complexity index is 601. The van der Waals surface area contributed by atoms with Gasteiger partial charge >= 0.3 is 0 Å². The van der Waals surface area contributed by atoms with Crippen LogP contribution in [0.5, 0.6) is 0 Å². The molecule has 0 spiro atoms. The first-order valence-electron chi connectivity index (χ1n) is 15.0. The van der Waals surface area contributed by atoms with Gasteiger partial charge in [-0.25, -0.2) is 0 Å². The normalized spacial score (nSPS) is 10.4. The molecule has 0 atom stereocenters. The fraction of sp³-hybridized carbons (Fsp3) is 0.857. The van der Waals surface area contributed by atoms with Gasteiger partial charge in [0.05, 0.1) is 0 Å². The molecule has 0 saturated carbocycles. The molecule has 0 bridgehead atoms. The highest BCUT2D eigenvalue weighted by molar-refractivity contribution is 8.90. The molecular weight excluding hydrogens is 649 g/mol. The van der Waals surface area contributed by atoms with Crippen molar-refractivity contribution in [2.45, 2.75) is 107 Å². The van der Waals surface area contributed by atoms with E-state index in [1.807, 2.05) is 0 Å². The minimum Gasteiger partial charge on any atom is -0.357 e. The molecule has 0 amide bonds. The highest BCUT2D eigenvalue weighted by Gasteiger charge is 2.15. The maximum Gasteiger partial charge on any atom is 0.147 e. The second kappa shape index (κ2) is 30.0. The van der Waals surface area contributed by atoms with Gasteiger partial charge in [0.25, 0.3) is 0 Å². The average Bonchev–Trinajstić information content (AvgIpc) is 2.96. The Morgan fingerprint density at radius 2 is 0.575 bits per heavy atom. The summed E-state index contributed by atoms with van der Waals surface area (Å²) in [5.41, 5.74) is 0. The van der Waals surface area contributed by atoms with Gasteiger partial charge < -0.3 is 19.6 Å². The molecule has 0 heterocycles. The van der Waals surface area contributed by atoms with Crippen molar-refractivity contribution in [2.75, 3.05) is 52.4 Å². The van der Waals surface area contributed by atoms with Gasteiger partial charge in [-0.15, -0.1) is 0 Å². The lowest BCUT2D eigenvalue weighted by Crippen LogP contribution is -2.31. The van der Waals surface area contributed by atoms with E-state index in [1.165, 1.54) is 51.4 Å². The largest absolute Gasteiger partial charge is 0.357 e. The SMILES string of the molecule is CCCCN(CCCC)C(=S)SSC(=S)N(CCCC)CCCC.CCN(CC)C(=S)SSC(=S)N(CC)CC. The van der Waals surface area contributed by atoms with Crippen molar-refractivity contribution in [3.63, 3.8) is 0 Å². The summed E-state index contributed by atoms with van der Waals surface area (Å²) in [6, 6.07) is 0. The fourth-order valence-corrected chi connectivity index (χ4v) is 9.12. The molecule has 0 aromatic carbocycles. The van der Waals surface area contributed by atoms with Crippen LogP contribution in [0.1, 0.15) is 107 Å². The van der Waals surface area contributed by atoms with Crippen LogP contribution in [0.2, 0.25) is 0 Å². The van der Waals surface area contributed by atoms with Crippen LogP contribution in [0.4, 0.5) is 0 Å². The molecule has 0 aromatic heterocycles. The van der Waals surface area contributed by atoms with E-state index >= 15 is 0 Å². The van der Waals surface area contributed by atoms with Crippen LogP contribution in [0.25, 0.3) is 0 Å². The monoisotopic (exact) mass is 704 g/mol. The molecule has 0 radical (unpaired) electrons. The summed E-state index contributed by atoms with van der Waals surface area (Å²) in [4.78, 5) is 9.06. The van der Waals surface area contributed by atoms with Crippen LogP contribution in [-0.2, 0) is 0 Å². The van der Waals surface area contributed by atoms with Crippen molar-refractivity contribution in [3.05, 3.63) is 0 Å². The highest BCUT2D eigenvalue weighted by Crippen LogP contribution is 2.30. The molecule has 0 aliphatic carbocycles. The summed E-state index contributed by atoms with van der Waals surface area (Å²) in [7, 11) is 6.54. The van der Waals surface area contributed by atoms with Gasteiger partial charge in [-0.2, -0.15) is 0 Å². The van der Waals surface area contributed by atoms with Crippen LogP contribution in [-0.4, -0.2) is 89.2 Å². The third kappa shape index (κ3) is 21.6. The third-order valence-corrected chi connectivity index (χ3v) is 13.5. The van der Waals surface area contributed by atoms with E-state index in [4.69, 9.17) is 48.9 Å². The first kappa shape index (κ1) is 43.1. The van der Waals surface area contributed by atoms with Crippen molar-refractivity contribution in [2.24, 2.45) is 0 Å². The Labute approximate surface area is 285 Å². The second-order valence-electron chi connectivity index (χ2n) is 9.13. The summed E-state index contributed by atoms with van der Waals surface area (Å²) in [6.45, 7) is 25.5. The van der Waals surface area contributed by atoms with E-state index < -0.39 is 0 Å². The molecular formula is C28H56N4S8. The van der Waals surface area contributed by atoms with Crippen LogP contribution in [0.3, 0.4) is 0 Å². The molecule has 236 valence electrons. The molecule has 0 N–H and O–H groups in total. The molecule has 40 heavy (non-hydrogen) atoms. The van der Waals surface area contributed by atoms with Crippen LogP contribution < -0.4 is 0 Å². The predicted molar refractivity (Wildman–Crippen MR) is 209 cm³/mol. The number of thiocarbonyl (C=S) groups is 4. The Hall–Kier alpha value is 0.960. The number of nitrogens with zero attached hydrogens (tertiary/aromatic N) is 4. The van der Waals surface area contributed by atoms with E-state index in [0.29, 0.717) is 0 Å². The quantitative estimate of drug-likeness (QED) is 0.112. The maximum absolute atomic E-state index is 5.67. The minimum atomic E-state index is 0.921. The van der Waals surface area contributed by atoms with E-state index in [1.54, 1.807) is 43.2 Å². The molecule has 0 aliphatic heterocycles. The van der Waals surface area contributed by atoms with E-state index in [-0.39, 0.29) is 0 Å². The third-order valence-electron chi connectivity index (χ3n) is 6.05. The lowest BCUT2D eigenvalue weighted by atomic mass is 10.3. The zero-order chi connectivity index (χ0) is 30.8. The van der Waals surface area contributed by atoms with Crippen LogP contribution >= 0.6 is 92.0 Å². The average molecular weight is 705 g/mol. The smallest absolute Gasteiger partial charge is 0.147 e. The number of unbranched alkanes of at least 4 members (excludes halogenated alkanes) is 4. The zero-order valence-corrected chi connectivity index (χ0v) is 32.9. The number of hydrogen-bond donors (Lipinski definition) is 0. The Kier molecular flexibility index (Phi) is 32.3. The topological polar surface area (TPSA) is 13.0 Å². The Morgan fingerprint density at radius 3 is 0.750 bits per heavy atom. The van der Waals surface area contributed by atoms with Gasteiger partial charge in [0.15, 0.2) is 0 Å². The molecule has 0 unspecified atom stereocenters. The Balaban J connectivity index is 0. The lowest BCUT2D eigenvalue weighted by molar-refractivity contribution is 0.410. The summed E-state index contributed by atoms with van der Waals surface area (Å²) in [5.74, 6) is 0. The van der Waals surface area contributed by atoms with Crippen molar-refractivity contribution >= 4 is 109 Å². The molecule has 0 aliphatic rings. The number of hydrogen-bond acceptors (Lipinski definition) is 8. The maximum atomic E-state index is 5.67. The van der Waals surface area contributed by atoms with E-state index in [0.717, 1.165) is 69.6 Å². The summed E-state index contributed by atoms with van der Waals surface area (Å²) < 4.78 is 3.83. The van der Waals surface area contributed by atoms with Gasteiger partial charge in [0, 0.05) is 52.4 Å². The van der Waals surface area contributed by atoms with Crippen molar-refractivity contribution in [3.8, 4) is 0 Å². The molecule has 0 rings (SSSR count). The van der Waals surface area contributed by atoms with Crippen molar-refractivity contribution in [1.29, 1.82) is 0 Å². The minimum absolute atomic E-state index is 0.921. The van der Waals surface area contributed by atoms with Gasteiger partial charge in [0.1, 0.15) is 17.3 Å². The van der Waals surface area contributed by atoms with Crippen molar-refractivity contribution < 1.29 is 0 Å². The van der Waals surface area contributed by atoms with Gasteiger partial charge in [0.2, 0.25) is 0 Å². The standard InChI is InChI=1S/C18H36N2S4.C10H20N2S4/c1-5-9-13-19(14-10-6-2)17(21)23-24-18(22)20(15-11-7-3)16-12-8-4;1-5-11(6-2)9(13)15-16-10(14)12(7-3)8-4/h5-16H2,1-4H3;5-8H2,1-4H3. The van der Waals surface area contributed by atoms with E-state index in [2.05, 4.69) is 75.0 Å². The number of rotatable bonds is 16. The zero-order valence-electron chi connectivity index (χ0n) is 26.4. The van der Waals surface area contributed by atoms with Gasteiger partial charge in [-0.05, 0) is 96.6 Å². The van der Waals surface area contributed by atoms with Crippen LogP contribution in [0.15, 0.2) is 0 Å². The summed E-state index contributed by atoms with van der Waals surface area (Å²) in [6.07, 6.45) is 9.67. The second-order valence-corrected chi connectivity index (χ2v) is 15.9. The highest BCUT2D eigenvalue weighted by atomic mass is 33.1. The summed E-state index contributed by atoms with van der Waals surface area (Å²) in [5, 5.41) is 0.